The molecule has 0 unspecified atom stereocenters. The Morgan fingerprint density at radius 1 is 1.48 bits per heavy atom. The van der Waals surface area contributed by atoms with E-state index >= 15 is 0 Å². The molecule has 0 saturated carbocycles. The smallest absolute Gasteiger partial charge is 0.270 e. The summed E-state index contributed by atoms with van der Waals surface area (Å²) in [6.45, 7) is 3.96. The minimum Gasteiger partial charge on any atom is -0.398 e. The monoisotopic (exact) mass is 293 g/mol. The van der Waals surface area contributed by atoms with Gasteiger partial charge < -0.3 is 15.8 Å². The summed E-state index contributed by atoms with van der Waals surface area (Å²) in [4.78, 5) is 22.4. The fourth-order valence-corrected chi connectivity index (χ4v) is 2.28. The number of carbonyl (C=O) groups excluding carboxylic acids is 1. The number of rotatable bonds is 4. The lowest BCUT2D eigenvalue weighted by molar-refractivity contribution is -0.384. The Hall–Kier alpha value is -2.15. The highest BCUT2D eigenvalue weighted by atomic mass is 16.6. The Kier molecular flexibility index (Phi) is 4.42. The third-order valence-corrected chi connectivity index (χ3v) is 3.87. The van der Waals surface area contributed by atoms with Gasteiger partial charge in [0.1, 0.15) is 0 Å². The molecule has 1 aliphatic heterocycles. The van der Waals surface area contributed by atoms with Crippen molar-refractivity contribution in [2.24, 2.45) is 5.41 Å². The summed E-state index contributed by atoms with van der Waals surface area (Å²) in [6.07, 6.45) is 1.75. The lowest BCUT2D eigenvalue weighted by Crippen LogP contribution is -2.39. The fourth-order valence-electron chi connectivity index (χ4n) is 2.28. The Labute approximate surface area is 122 Å². The van der Waals surface area contributed by atoms with Crippen LogP contribution in [-0.4, -0.2) is 30.6 Å². The van der Waals surface area contributed by atoms with E-state index in [4.69, 9.17) is 10.5 Å². The van der Waals surface area contributed by atoms with Crippen molar-refractivity contribution in [2.45, 2.75) is 19.8 Å². The van der Waals surface area contributed by atoms with Crippen LogP contribution in [0.25, 0.3) is 0 Å². The first-order chi connectivity index (χ1) is 9.91. The van der Waals surface area contributed by atoms with Crippen molar-refractivity contribution in [3.05, 3.63) is 33.9 Å². The van der Waals surface area contributed by atoms with E-state index in [0.29, 0.717) is 19.8 Å². The van der Waals surface area contributed by atoms with E-state index in [-0.39, 0.29) is 28.3 Å². The minimum absolute atomic E-state index is 0.0105. The van der Waals surface area contributed by atoms with Crippen molar-refractivity contribution >= 4 is 17.3 Å². The molecule has 7 heteroatoms. The zero-order valence-electron chi connectivity index (χ0n) is 11.9. The first-order valence-corrected chi connectivity index (χ1v) is 6.81. The van der Waals surface area contributed by atoms with Gasteiger partial charge in [0.05, 0.1) is 10.5 Å². The first kappa shape index (κ1) is 15.2. The van der Waals surface area contributed by atoms with Crippen LogP contribution in [0, 0.1) is 15.5 Å². The molecule has 7 nitrogen and oxygen atoms in total. The van der Waals surface area contributed by atoms with E-state index in [0.717, 1.165) is 12.8 Å². The van der Waals surface area contributed by atoms with Gasteiger partial charge in [-0.2, -0.15) is 0 Å². The molecule has 1 saturated heterocycles. The van der Waals surface area contributed by atoms with Crippen LogP contribution in [0.15, 0.2) is 18.2 Å². The second-order valence-corrected chi connectivity index (χ2v) is 5.63. The summed E-state index contributed by atoms with van der Waals surface area (Å²) in [5, 5.41) is 13.6. The maximum Gasteiger partial charge on any atom is 0.270 e. The van der Waals surface area contributed by atoms with Gasteiger partial charge >= 0.3 is 0 Å². The third kappa shape index (κ3) is 3.69. The number of nitrogens with zero attached hydrogens (tertiary/aromatic N) is 1. The van der Waals surface area contributed by atoms with Gasteiger partial charge in [0.15, 0.2) is 0 Å². The van der Waals surface area contributed by atoms with Crippen LogP contribution in [-0.2, 0) is 4.74 Å². The van der Waals surface area contributed by atoms with Gasteiger partial charge in [-0.3, -0.25) is 14.9 Å². The number of nitrogen functional groups attached to an aromatic ring is 1. The van der Waals surface area contributed by atoms with Crippen LogP contribution in [0.1, 0.15) is 30.1 Å². The molecule has 2 rings (SSSR count). The van der Waals surface area contributed by atoms with Crippen LogP contribution in [0.4, 0.5) is 11.4 Å². The number of anilines is 1. The molecule has 0 bridgehead atoms. The van der Waals surface area contributed by atoms with Crippen molar-refractivity contribution in [1.82, 2.24) is 5.32 Å². The van der Waals surface area contributed by atoms with Crippen LogP contribution in [0.2, 0.25) is 0 Å². The van der Waals surface area contributed by atoms with Crippen molar-refractivity contribution in [3.63, 3.8) is 0 Å². The Morgan fingerprint density at radius 2 is 2.14 bits per heavy atom. The van der Waals surface area contributed by atoms with E-state index in [1.165, 1.54) is 18.2 Å². The van der Waals surface area contributed by atoms with Crippen molar-refractivity contribution < 1.29 is 14.5 Å². The summed E-state index contributed by atoms with van der Waals surface area (Å²) in [6, 6.07) is 3.87. The standard InChI is InChI=1S/C14H19N3O4/c1-14(4-6-21-7-5-14)9-16-13(18)11-8-10(17(19)20)2-3-12(11)15/h2-3,8H,4-7,9,15H2,1H3,(H,16,18). The molecule has 0 aliphatic carbocycles. The number of amides is 1. The number of carbonyl (C=O) groups is 1. The number of nitrogens with two attached hydrogens (primary N) is 1. The second kappa shape index (κ2) is 6.09. The molecule has 0 atom stereocenters. The van der Waals surface area contributed by atoms with Crippen molar-refractivity contribution in [2.75, 3.05) is 25.5 Å². The predicted molar refractivity (Wildman–Crippen MR) is 78.0 cm³/mol. The molecule has 0 radical (unpaired) electrons. The topological polar surface area (TPSA) is 107 Å². The molecular formula is C14H19N3O4. The first-order valence-electron chi connectivity index (χ1n) is 6.81. The quantitative estimate of drug-likeness (QED) is 0.499. The summed E-state index contributed by atoms with van der Waals surface area (Å²) >= 11 is 0. The number of hydrogen-bond donors (Lipinski definition) is 2. The highest BCUT2D eigenvalue weighted by Crippen LogP contribution is 2.29. The van der Waals surface area contributed by atoms with Gasteiger partial charge in [-0.15, -0.1) is 0 Å². The lowest BCUT2D eigenvalue weighted by Gasteiger charge is -2.33. The maximum atomic E-state index is 12.2. The van der Waals surface area contributed by atoms with Crippen LogP contribution in [0.3, 0.4) is 0 Å². The number of nitrogens with one attached hydrogen (secondary N) is 1. The molecule has 1 fully saturated rings. The lowest BCUT2D eigenvalue weighted by atomic mass is 9.82. The maximum absolute atomic E-state index is 12.2. The minimum atomic E-state index is -0.546. The molecule has 1 aromatic carbocycles. The Balaban J connectivity index is 2.06. The molecule has 1 heterocycles. The average molecular weight is 293 g/mol. The van der Waals surface area contributed by atoms with Gasteiger partial charge in [-0.05, 0) is 24.3 Å². The second-order valence-electron chi connectivity index (χ2n) is 5.63. The zero-order valence-corrected chi connectivity index (χ0v) is 11.9. The highest BCUT2D eigenvalue weighted by Gasteiger charge is 2.28. The molecule has 1 amide bonds. The van der Waals surface area contributed by atoms with E-state index in [2.05, 4.69) is 12.2 Å². The van der Waals surface area contributed by atoms with Gasteiger partial charge in [0, 0.05) is 37.6 Å². The molecule has 21 heavy (non-hydrogen) atoms. The molecular weight excluding hydrogens is 274 g/mol. The summed E-state index contributed by atoms with van der Waals surface area (Å²) in [7, 11) is 0. The predicted octanol–water partition coefficient (Wildman–Crippen LogP) is 1.72. The number of nitro groups is 1. The van der Waals surface area contributed by atoms with Gasteiger partial charge in [-0.25, -0.2) is 0 Å². The highest BCUT2D eigenvalue weighted by molar-refractivity contribution is 5.99. The molecule has 114 valence electrons. The van der Waals surface area contributed by atoms with Crippen LogP contribution in [0.5, 0.6) is 0 Å². The summed E-state index contributed by atoms with van der Waals surface area (Å²) < 4.78 is 5.31. The van der Waals surface area contributed by atoms with Crippen molar-refractivity contribution in [1.29, 1.82) is 0 Å². The van der Waals surface area contributed by atoms with Crippen LogP contribution >= 0.6 is 0 Å². The van der Waals surface area contributed by atoms with Gasteiger partial charge in [-0.1, -0.05) is 6.92 Å². The largest absolute Gasteiger partial charge is 0.398 e. The van der Waals surface area contributed by atoms with Gasteiger partial charge in [0.2, 0.25) is 0 Å². The van der Waals surface area contributed by atoms with E-state index < -0.39 is 4.92 Å². The normalized spacial score (nSPS) is 17.2. The molecule has 3 N–H and O–H groups in total. The van der Waals surface area contributed by atoms with Crippen molar-refractivity contribution in [3.8, 4) is 0 Å². The van der Waals surface area contributed by atoms with E-state index in [1.807, 2.05) is 0 Å². The van der Waals surface area contributed by atoms with E-state index in [1.54, 1.807) is 0 Å². The molecule has 0 aromatic heterocycles. The molecule has 0 spiro atoms. The van der Waals surface area contributed by atoms with Gasteiger partial charge in [0.25, 0.3) is 11.6 Å². The Bertz CT molecular complexity index is 553. The zero-order chi connectivity index (χ0) is 15.5. The summed E-state index contributed by atoms with van der Waals surface area (Å²) in [5.74, 6) is -0.385. The number of ether oxygens (including phenoxy) is 1. The number of hydrogen-bond acceptors (Lipinski definition) is 5. The fraction of sp³-hybridized carbons (Fsp3) is 0.500. The number of nitro benzene ring substituents is 1. The summed E-state index contributed by atoms with van der Waals surface area (Å²) in [5.41, 5.74) is 5.94. The SMILES string of the molecule is CC1(CNC(=O)c2cc([N+](=O)[O-])ccc2N)CCOCC1. The van der Waals surface area contributed by atoms with E-state index in [9.17, 15) is 14.9 Å². The van der Waals surface area contributed by atoms with Crippen LogP contribution < -0.4 is 11.1 Å². The molecule has 1 aromatic rings. The average Bonchev–Trinajstić information content (AvgIpc) is 2.46. The number of benzene rings is 1. The molecule has 1 aliphatic rings. The third-order valence-electron chi connectivity index (χ3n) is 3.87. The number of non-ortho nitro benzene ring substituents is 1. The Morgan fingerprint density at radius 3 is 2.76 bits per heavy atom.